The lowest BCUT2D eigenvalue weighted by Gasteiger charge is -2.15. The van der Waals surface area contributed by atoms with Gasteiger partial charge >= 0.3 is 12.3 Å². The monoisotopic (exact) mass is 411 g/mol. The van der Waals surface area contributed by atoms with E-state index in [2.05, 4.69) is 14.5 Å². The molecular formula is C10H7F5INO3. The molecule has 0 atom stereocenters. The molecule has 0 spiro atoms. The van der Waals surface area contributed by atoms with Gasteiger partial charge in [-0.3, -0.25) is 4.98 Å². The van der Waals surface area contributed by atoms with Crippen molar-refractivity contribution in [3.05, 3.63) is 21.0 Å². The number of rotatable bonds is 4. The van der Waals surface area contributed by atoms with E-state index in [0.717, 1.165) is 0 Å². The van der Waals surface area contributed by atoms with Gasteiger partial charge in [0.1, 0.15) is 11.3 Å². The molecule has 0 aliphatic carbocycles. The molecule has 0 N–H and O–H groups in total. The van der Waals surface area contributed by atoms with Crippen molar-refractivity contribution in [2.75, 3.05) is 6.61 Å². The first-order valence-electron chi connectivity index (χ1n) is 5.06. The lowest BCUT2D eigenvalue weighted by Crippen LogP contribution is -2.21. The zero-order valence-electron chi connectivity index (χ0n) is 9.80. The summed E-state index contributed by atoms with van der Waals surface area (Å²) in [5, 5.41) is 0. The normalized spacial score (nSPS) is 11.6. The van der Waals surface area contributed by atoms with Gasteiger partial charge in [-0.25, -0.2) is 13.6 Å². The molecule has 1 heterocycles. The molecule has 0 aliphatic heterocycles. The molecule has 0 bridgehead atoms. The predicted molar refractivity (Wildman–Crippen MR) is 64.6 cm³/mol. The Hall–Kier alpha value is -1.20. The van der Waals surface area contributed by atoms with E-state index in [9.17, 15) is 26.7 Å². The van der Waals surface area contributed by atoms with Gasteiger partial charge in [-0.05, 0) is 29.5 Å². The number of esters is 1. The first-order valence-corrected chi connectivity index (χ1v) is 6.14. The van der Waals surface area contributed by atoms with E-state index in [1.807, 2.05) is 0 Å². The number of ether oxygens (including phenoxy) is 2. The summed E-state index contributed by atoms with van der Waals surface area (Å²) in [6.07, 6.45) is -7.67. The van der Waals surface area contributed by atoms with Gasteiger partial charge < -0.3 is 9.47 Å². The first-order chi connectivity index (χ1) is 9.17. The summed E-state index contributed by atoms with van der Waals surface area (Å²) in [4.78, 5) is 14.8. The number of pyridine rings is 1. The second-order valence-electron chi connectivity index (χ2n) is 3.27. The molecule has 1 aromatic rings. The van der Waals surface area contributed by atoms with Crippen molar-refractivity contribution in [1.82, 2.24) is 4.98 Å². The van der Waals surface area contributed by atoms with Gasteiger partial charge in [0.05, 0.1) is 10.2 Å². The minimum absolute atomic E-state index is 0.0997. The second kappa shape index (κ2) is 6.50. The van der Waals surface area contributed by atoms with Crippen LogP contribution in [0.5, 0.6) is 5.75 Å². The highest BCUT2D eigenvalue weighted by Crippen LogP contribution is 2.35. The fraction of sp³-hybridized carbons (Fsp3) is 0.400. The largest absolute Gasteiger partial charge is 0.573 e. The zero-order valence-corrected chi connectivity index (χ0v) is 12.0. The molecule has 0 saturated carbocycles. The molecule has 0 radical (unpaired) electrons. The molecule has 112 valence electrons. The Balaban J connectivity index is 3.37. The Labute approximate surface area is 123 Å². The van der Waals surface area contributed by atoms with Crippen molar-refractivity contribution in [3.8, 4) is 5.75 Å². The Morgan fingerprint density at radius 1 is 1.45 bits per heavy atom. The number of hydrogen-bond acceptors (Lipinski definition) is 4. The second-order valence-corrected chi connectivity index (χ2v) is 4.35. The lowest BCUT2D eigenvalue weighted by molar-refractivity contribution is -0.275. The Morgan fingerprint density at radius 3 is 2.50 bits per heavy atom. The van der Waals surface area contributed by atoms with Crippen LogP contribution in [0.25, 0.3) is 0 Å². The van der Waals surface area contributed by atoms with Crippen molar-refractivity contribution in [3.63, 3.8) is 0 Å². The summed E-state index contributed by atoms with van der Waals surface area (Å²) in [5.41, 5.74) is -1.57. The third kappa shape index (κ3) is 4.15. The Bertz CT molecular complexity index is 506. The molecule has 1 rings (SSSR count). The SMILES string of the molecule is CCOC(=O)c1cnc(C(F)F)c(I)c1OC(F)(F)F. The van der Waals surface area contributed by atoms with Gasteiger partial charge in [-0.15, -0.1) is 13.2 Å². The topological polar surface area (TPSA) is 48.4 Å². The van der Waals surface area contributed by atoms with E-state index in [-0.39, 0.29) is 6.61 Å². The number of alkyl halides is 5. The standard InChI is InChI=1S/C10H7F5INO3/c1-2-19-9(18)4-3-17-6(8(11)12)5(16)7(4)20-10(13,14)15/h3,8H,2H2,1H3. The van der Waals surface area contributed by atoms with Crippen molar-refractivity contribution >= 4 is 28.6 Å². The number of carbonyl (C=O) groups is 1. The van der Waals surface area contributed by atoms with Gasteiger partial charge in [0.15, 0.2) is 5.75 Å². The van der Waals surface area contributed by atoms with Gasteiger partial charge in [0.2, 0.25) is 0 Å². The van der Waals surface area contributed by atoms with Crippen LogP contribution in [-0.4, -0.2) is 23.9 Å². The number of nitrogens with zero attached hydrogens (tertiary/aromatic N) is 1. The predicted octanol–water partition coefficient (Wildman–Crippen LogP) is 3.70. The maximum Gasteiger partial charge on any atom is 0.573 e. The fourth-order valence-electron chi connectivity index (χ4n) is 1.21. The van der Waals surface area contributed by atoms with Crippen LogP contribution < -0.4 is 4.74 Å². The number of aromatic nitrogens is 1. The van der Waals surface area contributed by atoms with Crippen LogP contribution >= 0.6 is 22.6 Å². The van der Waals surface area contributed by atoms with Crippen LogP contribution in [0.2, 0.25) is 0 Å². The summed E-state index contributed by atoms with van der Waals surface area (Å²) in [6, 6.07) is 0. The summed E-state index contributed by atoms with van der Waals surface area (Å²) >= 11 is 1.21. The summed E-state index contributed by atoms with van der Waals surface area (Å²) in [6.45, 7) is 1.34. The molecule has 0 unspecified atom stereocenters. The van der Waals surface area contributed by atoms with Gasteiger partial charge in [-0.1, -0.05) is 0 Å². The highest BCUT2D eigenvalue weighted by atomic mass is 127. The molecule has 4 nitrogen and oxygen atoms in total. The zero-order chi connectivity index (χ0) is 15.5. The van der Waals surface area contributed by atoms with E-state index in [0.29, 0.717) is 6.20 Å². The lowest BCUT2D eigenvalue weighted by atomic mass is 10.2. The Kier molecular flexibility index (Phi) is 5.48. The molecule has 1 aromatic heterocycles. The van der Waals surface area contributed by atoms with Crippen LogP contribution in [-0.2, 0) is 4.74 Å². The van der Waals surface area contributed by atoms with Gasteiger partial charge in [0.25, 0.3) is 6.43 Å². The van der Waals surface area contributed by atoms with E-state index >= 15 is 0 Å². The number of carbonyl (C=O) groups excluding carboxylic acids is 1. The summed E-state index contributed by atoms with van der Waals surface area (Å²) < 4.78 is 69.7. The molecule has 0 fully saturated rings. The van der Waals surface area contributed by atoms with Gasteiger partial charge in [-0.2, -0.15) is 0 Å². The molecule has 0 saturated heterocycles. The molecular weight excluding hydrogens is 404 g/mol. The van der Waals surface area contributed by atoms with Crippen molar-refractivity contribution in [2.24, 2.45) is 0 Å². The molecule has 20 heavy (non-hydrogen) atoms. The highest BCUT2D eigenvalue weighted by molar-refractivity contribution is 14.1. The van der Waals surface area contributed by atoms with E-state index in [1.54, 1.807) is 0 Å². The van der Waals surface area contributed by atoms with Crippen molar-refractivity contribution in [1.29, 1.82) is 0 Å². The average molecular weight is 411 g/mol. The molecule has 10 heteroatoms. The van der Waals surface area contributed by atoms with Crippen LogP contribution in [0.1, 0.15) is 29.4 Å². The maximum absolute atomic E-state index is 12.6. The Morgan fingerprint density at radius 2 is 2.05 bits per heavy atom. The quantitative estimate of drug-likeness (QED) is 0.431. The summed E-state index contributed by atoms with van der Waals surface area (Å²) in [7, 11) is 0. The van der Waals surface area contributed by atoms with Crippen LogP contribution in [0.15, 0.2) is 6.20 Å². The summed E-state index contributed by atoms with van der Waals surface area (Å²) in [5.74, 6) is -2.18. The average Bonchev–Trinajstić information content (AvgIpc) is 2.29. The van der Waals surface area contributed by atoms with Crippen LogP contribution in [0.3, 0.4) is 0 Å². The van der Waals surface area contributed by atoms with E-state index in [1.165, 1.54) is 29.5 Å². The maximum atomic E-state index is 12.6. The minimum Gasteiger partial charge on any atom is -0.462 e. The highest BCUT2D eigenvalue weighted by Gasteiger charge is 2.36. The molecule has 0 amide bonds. The van der Waals surface area contributed by atoms with E-state index in [4.69, 9.17) is 0 Å². The third-order valence-electron chi connectivity index (χ3n) is 1.92. The first kappa shape index (κ1) is 16.9. The van der Waals surface area contributed by atoms with E-state index < -0.39 is 39.3 Å². The van der Waals surface area contributed by atoms with Crippen LogP contribution in [0.4, 0.5) is 22.0 Å². The van der Waals surface area contributed by atoms with Gasteiger partial charge in [0, 0.05) is 6.20 Å². The molecule has 0 aromatic carbocycles. The minimum atomic E-state index is -5.14. The van der Waals surface area contributed by atoms with Crippen molar-refractivity contribution < 1.29 is 36.2 Å². The van der Waals surface area contributed by atoms with Crippen LogP contribution in [0, 0.1) is 3.57 Å². The third-order valence-corrected chi connectivity index (χ3v) is 2.96. The smallest absolute Gasteiger partial charge is 0.462 e. The molecule has 0 aliphatic rings. The fourth-order valence-corrected chi connectivity index (χ4v) is 1.98. The number of hydrogen-bond donors (Lipinski definition) is 0. The number of halogens is 6. The van der Waals surface area contributed by atoms with Crippen molar-refractivity contribution in [2.45, 2.75) is 19.7 Å².